The molecule has 17 heavy (non-hydrogen) atoms. The standard InChI is InChI=1S/C13H20O4/c1-6-9(8-10(14)15)13(5,7-2)12(3,4)11(16)17/h6-7,9H,1-2,8H2,3-5H3,(H,14,15)(H,16,17). The summed E-state index contributed by atoms with van der Waals surface area (Å²) in [6.07, 6.45) is 2.83. The molecular weight excluding hydrogens is 220 g/mol. The summed E-state index contributed by atoms with van der Waals surface area (Å²) in [7, 11) is 0. The largest absolute Gasteiger partial charge is 0.481 e. The van der Waals surface area contributed by atoms with Gasteiger partial charge in [-0.05, 0) is 19.8 Å². The highest BCUT2D eigenvalue weighted by molar-refractivity contribution is 5.76. The molecule has 0 heterocycles. The van der Waals surface area contributed by atoms with Crippen LogP contribution in [0.1, 0.15) is 27.2 Å². The minimum Gasteiger partial charge on any atom is -0.481 e. The molecule has 4 heteroatoms. The highest BCUT2D eigenvalue weighted by Crippen LogP contribution is 2.47. The van der Waals surface area contributed by atoms with Gasteiger partial charge in [0.25, 0.3) is 0 Å². The van der Waals surface area contributed by atoms with Crippen LogP contribution in [0, 0.1) is 16.7 Å². The Morgan fingerprint density at radius 1 is 1.24 bits per heavy atom. The SMILES string of the molecule is C=CC(CC(=O)O)C(C)(C=C)C(C)(C)C(=O)O. The van der Waals surface area contributed by atoms with Gasteiger partial charge < -0.3 is 10.2 Å². The predicted molar refractivity (Wildman–Crippen MR) is 65.7 cm³/mol. The number of carbonyl (C=O) groups is 2. The Kier molecular flexibility index (Phi) is 4.69. The lowest BCUT2D eigenvalue weighted by atomic mass is 9.59. The molecule has 0 amide bonds. The third-order valence-corrected chi connectivity index (χ3v) is 3.75. The van der Waals surface area contributed by atoms with Gasteiger partial charge in [0.1, 0.15) is 0 Å². The van der Waals surface area contributed by atoms with Crippen molar-refractivity contribution in [1.29, 1.82) is 0 Å². The zero-order valence-electron chi connectivity index (χ0n) is 10.6. The van der Waals surface area contributed by atoms with Crippen LogP contribution in [0.5, 0.6) is 0 Å². The van der Waals surface area contributed by atoms with Crippen molar-refractivity contribution in [3.8, 4) is 0 Å². The zero-order valence-corrected chi connectivity index (χ0v) is 10.6. The van der Waals surface area contributed by atoms with Gasteiger partial charge in [0.15, 0.2) is 0 Å². The fourth-order valence-corrected chi connectivity index (χ4v) is 1.83. The van der Waals surface area contributed by atoms with E-state index >= 15 is 0 Å². The predicted octanol–water partition coefficient (Wildman–Crippen LogP) is 2.57. The molecule has 0 aromatic heterocycles. The van der Waals surface area contributed by atoms with E-state index in [9.17, 15) is 14.7 Å². The first-order valence-electron chi connectivity index (χ1n) is 5.34. The average Bonchev–Trinajstić information content (AvgIpc) is 2.23. The molecule has 4 nitrogen and oxygen atoms in total. The van der Waals surface area contributed by atoms with Crippen molar-refractivity contribution in [3.63, 3.8) is 0 Å². The van der Waals surface area contributed by atoms with Gasteiger partial charge in [0.2, 0.25) is 0 Å². The molecule has 2 N–H and O–H groups in total. The molecule has 96 valence electrons. The van der Waals surface area contributed by atoms with Crippen LogP contribution in [0.15, 0.2) is 25.3 Å². The fourth-order valence-electron chi connectivity index (χ4n) is 1.83. The molecule has 0 saturated heterocycles. The highest BCUT2D eigenvalue weighted by Gasteiger charge is 2.49. The molecule has 2 atom stereocenters. The Bertz CT molecular complexity index is 343. The van der Waals surface area contributed by atoms with Crippen molar-refractivity contribution in [1.82, 2.24) is 0 Å². The van der Waals surface area contributed by atoms with Crippen molar-refractivity contribution in [2.24, 2.45) is 16.7 Å². The first kappa shape index (κ1) is 15.4. The molecule has 0 aliphatic heterocycles. The van der Waals surface area contributed by atoms with Gasteiger partial charge in [-0.2, -0.15) is 0 Å². The first-order valence-corrected chi connectivity index (χ1v) is 5.34. The fraction of sp³-hybridized carbons (Fsp3) is 0.538. The first-order chi connectivity index (χ1) is 7.63. The van der Waals surface area contributed by atoms with Crippen LogP contribution in [0.25, 0.3) is 0 Å². The van der Waals surface area contributed by atoms with Crippen molar-refractivity contribution >= 4 is 11.9 Å². The van der Waals surface area contributed by atoms with E-state index in [4.69, 9.17) is 5.11 Å². The number of allylic oxidation sites excluding steroid dienone is 2. The topological polar surface area (TPSA) is 74.6 Å². The van der Waals surface area contributed by atoms with Crippen molar-refractivity contribution in [3.05, 3.63) is 25.3 Å². The molecule has 0 aliphatic carbocycles. The van der Waals surface area contributed by atoms with Gasteiger partial charge in [-0.1, -0.05) is 19.1 Å². The van der Waals surface area contributed by atoms with Crippen LogP contribution >= 0.6 is 0 Å². The number of aliphatic carboxylic acids is 2. The monoisotopic (exact) mass is 240 g/mol. The summed E-state index contributed by atoms with van der Waals surface area (Å²) < 4.78 is 0. The van der Waals surface area contributed by atoms with E-state index in [1.54, 1.807) is 20.8 Å². The Hall–Kier alpha value is -1.58. The van der Waals surface area contributed by atoms with Crippen molar-refractivity contribution in [2.45, 2.75) is 27.2 Å². The Morgan fingerprint density at radius 2 is 1.71 bits per heavy atom. The van der Waals surface area contributed by atoms with Gasteiger partial charge in [-0.15, -0.1) is 13.2 Å². The second-order valence-corrected chi connectivity index (χ2v) is 4.86. The minimum absolute atomic E-state index is 0.164. The van der Waals surface area contributed by atoms with Crippen LogP contribution in [0.2, 0.25) is 0 Å². The Labute approximate surface area is 102 Å². The van der Waals surface area contributed by atoms with Crippen LogP contribution in [0.3, 0.4) is 0 Å². The second kappa shape index (κ2) is 5.17. The van der Waals surface area contributed by atoms with E-state index in [1.807, 2.05) is 0 Å². The lowest BCUT2D eigenvalue weighted by molar-refractivity contribution is -0.155. The molecule has 0 bridgehead atoms. The molecule has 2 unspecified atom stereocenters. The zero-order chi connectivity index (χ0) is 13.9. The highest BCUT2D eigenvalue weighted by atomic mass is 16.4. The van der Waals surface area contributed by atoms with Gasteiger partial charge in [0, 0.05) is 5.41 Å². The van der Waals surface area contributed by atoms with E-state index in [-0.39, 0.29) is 6.42 Å². The number of hydrogen-bond donors (Lipinski definition) is 2. The maximum atomic E-state index is 11.3. The van der Waals surface area contributed by atoms with Gasteiger partial charge in [-0.3, -0.25) is 9.59 Å². The lowest BCUT2D eigenvalue weighted by Crippen LogP contribution is -2.45. The van der Waals surface area contributed by atoms with E-state index in [0.29, 0.717) is 0 Å². The summed E-state index contributed by atoms with van der Waals surface area (Å²) in [6.45, 7) is 12.1. The molecule has 0 radical (unpaired) electrons. The van der Waals surface area contributed by atoms with E-state index in [1.165, 1.54) is 12.2 Å². The van der Waals surface area contributed by atoms with E-state index in [0.717, 1.165) is 0 Å². The van der Waals surface area contributed by atoms with Crippen LogP contribution in [0.4, 0.5) is 0 Å². The molecule has 0 rings (SSSR count). The quantitative estimate of drug-likeness (QED) is 0.671. The average molecular weight is 240 g/mol. The number of hydrogen-bond acceptors (Lipinski definition) is 2. The summed E-state index contributed by atoms with van der Waals surface area (Å²) in [6, 6.07) is 0. The number of rotatable bonds is 7. The van der Waals surface area contributed by atoms with Crippen molar-refractivity contribution < 1.29 is 19.8 Å². The van der Waals surface area contributed by atoms with Gasteiger partial charge in [0.05, 0.1) is 11.8 Å². The minimum atomic E-state index is -1.12. The molecule has 0 aromatic carbocycles. The third-order valence-electron chi connectivity index (χ3n) is 3.75. The van der Waals surface area contributed by atoms with Gasteiger partial charge in [-0.25, -0.2) is 0 Å². The third kappa shape index (κ3) is 2.75. The van der Waals surface area contributed by atoms with E-state index < -0.39 is 28.7 Å². The smallest absolute Gasteiger partial charge is 0.309 e. The lowest BCUT2D eigenvalue weighted by Gasteiger charge is -2.43. The molecule has 0 fully saturated rings. The maximum Gasteiger partial charge on any atom is 0.309 e. The normalized spacial score (nSPS) is 16.6. The molecule has 0 aromatic rings. The Morgan fingerprint density at radius 3 is 1.94 bits per heavy atom. The number of carboxylic acid groups (broad SMARTS) is 2. The molecule has 0 aliphatic rings. The molecular formula is C13H20O4. The number of carboxylic acids is 2. The van der Waals surface area contributed by atoms with Gasteiger partial charge >= 0.3 is 11.9 Å². The molecule has 0 spiro atoms. The van der Waals surface area contributed by atoms with E-state index in [2.05, 4.69) is 13.2 Å². The summed E-state index contributed by atoms with van der Waals surface area (Å²) in [4.78, 5) is 22.1. The molecule has 0 saturated carbocycles. The summed E-state index contributed by atoms with van der Waals surface area (Å²) in [5, 5.41) is 18.1. The van der Waals surface area contributed by atoms with Crippen LogP contribution < -0.4 is 0 Å². The van der Waals surface area contributed by atoms with Crippen molar-refractivity contribution in [2.75, 3.05) is 0 Å². The maximum absolute atomic E-state index is 11.3. The van der Waals surface area contributed by atoms with Crippen LogP contribution in [-0.4, -0.2) is 22.2 Å². The summed E-state index contributed by atoms with van der Waals surface area (Å²) in [5.74, 6) is -2.45. The summed E-state index contributed by atoms with van der Waals surface area (Å²) in [5.41, 5.74) is -2.00. The summed E-state index contributed by atoms with van der Waals surface area (Å²) >= 11 is 0. The Balaban J connectivity index is 5.52. The second-order valence-electron chi connectivity index (χ2n) is 4.86. The van der Waals surface area contributed by atoms with Crippen LogP contribution in [-0.2, 0) is 9.59 Å².